The summed E-state index contributed by atoms with van der Waals surface area (Å²) in [5.74, 6) is -0.175. The van der Waals surface area contributed by atoms with Gasteiger partial charge in [0.15, 0.2) is 0 Å². The highest BCUT2D eigenvalue weighted by Crippen LogP contribution is 2.23. The predicted octanol–water partition coefficient (Wildman–Crippen LogP) is 0.614. The van der Waals surface area contributed by atoms with Gasteiger partial charge >= 0.3 is 0 Å². The van der Waals surface area contributed by atoms with Crippen LogP contribution in [0.4, 0.5) is 0 Å². The molecule has 7 heteroatoms. The predicted molar refractivity (Wildman–Crippen MR) is 76.1 cm³/mol. The minimum Gasteiger partial charge on any atom is -0.384 e. The number of nitrogens with zero attached hydrogens (tertiary/aromatic N) is 3. The molecule has 1 aliphatic rings. The lowest BCUT2D eigenvalue weighted by Gasteiger charge is -2.19. The number of carbonyl (C=O) groups excluding carboxylic acids is 1. The van der Waals surface area contributed by atoms with Crippen molar-refractivity contribution in [2.45, 2.75) is 45.9 Å². The van der Waals surface area contributed by atoms with Crippen LogP contribution in [0.2, 0.25) is 0 Å². The average molecular weight is 290 g/mol. The topological polar surface area (TPSA) is 90.7 Å². The number of aromatic nitrogens is 3. The van der Waals surface area contributed by atoms with Crippen molar-refractivity contribution in [1.82, 2.24) is 19.5 Å². The number of hydrogen-bond acceptors (Lipinski definition) is 4. The van der Waals surface area contributed by atoms with Gasteiger partial charge in [-0.05, 0) is 27.7 Å². The Morgan fingerprint density at radius 1 is 1.38 bits per heavy atom. The minimum atomic E-state index is -1.15. The number of hydrogen-bond donors (Lipinski definition) is 2. The molecule has 0 fully saturated rings. The van der Waals surface area contributed by atoms with Crippen molar-refractivity contribution < 1.29 is 9.90 Å². The summed E-state index contributed by atoms with van der Waals surface area (Å²) in [4.78, 5) is 29.4. The van der Waals surface area contributed by atoms with E-state index in [0.717, 1.165) is 0 Å². The van der Waals surface area contributed by atoms with Gasteiger partial charge in [-0.2, -0.15) is 9.61 Å². The lowest BCUT2D eigenvalue weighted by molar-refractivity contribution is 0.0724. The van der Waals surface area contributed by atoms with Gasteiger partial charge in [-0.15, -0.1) is 0 Å². The fourth-order valence-corrected chi connectivity index (χ4v) is 2.49. The molecule has 112 valence electrons. The molecular formula is C14H18N4O3. The molecule has 2 N–H and O–H groups in total. The second-order valence-electron chi connectivity index (χ2n) is 6.20. The van der Waals surface area contributed by atoms with E-state index in [-0.39, 0.29) is 24.1 Å². The minimum absolute atomic E-state index is 0.0250. The number of rotatable bonds is 2. The van der Waals surface area contributed by atoms with E-state index in [9.17, 15) is 14.7 Å². The number of amides is 1. The first-order chi connectivity index (χ1) is 9.70. The van der Waals surface area contributed by atoms with E-state index < -0.39 is 5.60 Å². The SMILES string of the molecule is CC(C)N1Cc2c([nH]c3cc(C(C)(C)O)nn3c2=O)C1=O. The maximum atomic E-state index is 12.5. The Bertz CT molecular complexity index is 795. The number of nitrogens with one attached hydrogen (secondary N) is 1. The Morgan fingerprint density at radius 2 is 2.05 bits per heavy atom. The van der Waals surface area contributed by atoms with Gasteiger partial charge in [-0.3, -0.25) is 9.59 Å². The first kappa shape index (κ1) is 13.8. The van der Waals surface area contributed by atoms with Crippen molar-refractivity contribution >= 4 is 11.6 Å². The van der Waals surface area contributed by atoms with E-state index in [1.54, 1.807) is 24.8 Å². The van der Waals surface area contributed by atoms with Gasteiger partial charge in [-0.25, -0.2) is 0 Å². The van der Waals surface area contributed by atoms with Crippen LogP contribution in [0.5, 0.6) is 0 Å². The highest BCUT2D eigenvalue weighted by Gasteiger charge is 2.33. The normalized spacial score (nSPS) is 15.3. The maximum absolute atomic E-state index is 12.5. The second-order valence-corrected chi connectivity index (χ2v) is 6.20. The summed E-state index contributed by atoms with van der Waals surface area (Å²) in [6.07, 6.45) is 0. The summed E-state index contributed by atoms with van der Waals surface area (Å²) >= 11 is 0. The maximum Gasteiger partial charge on any atom is 0.280 e. The van der Waals surface area contributed by atoms with Crippen molar-refractivity contribution in [3.8, 4) is 0 Å². The molecule has 3 rings (SSSR count). The van der Waals surface area contributed by atoms with E-state index in [0.29, 0.717) is 22.6 Å². The van der Waals surface area contributed by atoms with Gasteiger partial charge in [0.1, 0.15) is 16.9 Å². The average Bonchev–Trinajstić information content (AvgIpc) is 2.92. The van der Waals surface area contributed by atoms with E-state index in [1.807, 2.05) is 13.8 Å². The third kappa shape index (κ3) is 1.96. The van der Waals surface area contributed by atoms with Gasteiger partial charge in [0.05, 0.1) is 17.8 Å². The third-order valence-corrected chi connectivity index (χ3v) is 3.77. The molecule has 0 unspecified atom stereocenters. The smallest absolute Gasteiger partial charge is 0.280 e. The van der Waals surface area contributed by atoms with Gasteiger partial charge in [0, 0.05) is 12.1 Å². The molecule has 2 aromatic rings. The molecular weight excluding hydrogens is 272 g/mol. The van der Waals surface area contributed by atoms with Crippen molar-refractivity contribution in [3.63, 3.8) is 0 Å². The van der Waals surface area contributed by atoms with Gasteiger partial charge in [0.25, 0.3) is 11.5 Å². The van der Waals surface area contributed by atoms with Crippen LogP contribution >= 0.6 is 0 Å². The Morgan fingerprint density at radius 3 is 2.62 bits per heavy atom. The lowest BCUT2D eigenvalue weighted by atomic mass is 10.1. The van der Waals surface area contributed by atoms with Crippen molar-refractivity contribution in [3.05, 3.63) is 33.4 Å². The number of H-pyrrole nitrogens is 1. The summed E-state index contributed by atoms with van der Waals surface area (Å²) in [5, 5.41) is 14.1. The fraction of sp³-hybridized carbons (Fsp3) is 0.500. The molecule has 2 aromatic heterocycles. The molecule has 0 saturated carbocycles. The number of aliphatic hydroxyl groups is 1. The second kappa shape index (κ2) is 4.17. The van der Waals surface area contributed by atoms with Gasteiger partial charge < -0.3 is 15.0 Å². The Hall–Kier alpha value is -2.15. The van der Waals surface area contributed by atoms with Crippen molar-refractivity contribution in [2.75, 3.05) is 0 Å². The Balaban J connectivity index is 2.22. The fourth-order valence-electron chi connectivity index (χ4n) is 2.49. The summed E-state index contributed by atoms with van der Waals surface area (Å²) in [6, 6.07) is 1.62. The van der Waals surface area contributed by atoms with Gasteiger partial charge in [-0.1, -0.05) is 0 Å². The first-order valence-corrected chi connectivity index (χ1v) is 6.89. The van der Waals surface area contributed by atoms with E-state index in [1.165, 1.54) is 4.52 Å². The van der Waals surface area contributed by atoms with Crippen molar-refractivity contribution in [1.29, 1.82) is 0 Å². The van der Waals surface area contributed by atoms with E-state index in [2.05, 4.69) is 10.1 Å². The van der Waals surface area contributed by atoms with Crippen molar-refractivity contribution in [2.24, 2.45) is 0 Å². The Kier molecular flexibility index (Phi) is 2.75. The summed E-state index contributed by atoms with van der Waals surface area (Å²) < 4.78 is 1.21. The highest BCUT2D eigenvalue weighted by molar-refractivity contribution is 5.96. The van der Waals surface area contributed by atoms with Crippen LogP contribution in [0.25, 0.3) is 5.65 Å². The zero-order valence-electron chi connectivity index (χ0n) is 12.5. The highest BCUT2D eigenvalue weighted by atomic mass is 16.3. The number of carbonyl (C=O) groups is 1. The first-order valence-electron chi connectivity index (χ1n) is 6.89. The molecule has 1 aliphatic heterocycles. The van der Waals surface area contributed by atoms with Crippen LogP contribution in [0.1, 0.15) is 49.4 Å². The largest absolute Gasteiger partial charge is 0.384 e. The molecule has 3 heterocycles. The zero-order valence-corrected chi connectivity index (χ0v) is 12.5. The van der Waals surface area contributed by atoms with Crippen LogP contribution in [-0.2, 0) is 12.1 Å². The standard InChI is InChI=1S/C14H18N4O3/c1-7(2)17-6-8-11(13(17)20)15-10-5-9(14(3,4)21)16-18(10)12(8)19/h5,7,15,21H,6H2,1-4H3. The molecule has 0 radical (unpaired) electrons. The number of aromatic amines is 1. The van der Waals surface area contributed by atoms with Crippen LogP contribution in [-0.4, -0.2) is 36.6 Å². The molecule has 1 amide bonds. The van der Waals surface area contributed by atoms with Crippen LogP contribution in [0, 0.1) is 0 Å². The lowest BCUT2D eigenvalue weighted by Crippen LogP contribution is -2.31. The molecule has 21 heavy (non-hydrogen) atoms. The van der Waals surface area contributed by atoms with Crippen LogP contribution in [0.15, 0.2) is 10.9 Å². The molecule has 0 bridgehead atoms. The number of fused-ring (bicyclic) bond motifs is 2. The molecule has 0 aromatic carbocycles. The van der Waals surface area contributed by atoms with E-state index >= 15 is 0 Å². The monoisotopic (exact) mass is 290 g/mol. The molecule has 0 atom stereocenters. The van der Waals surface area contributed by atoms with Crippen LogP contribution < -0.4 is 5.56 Å². The quantitative estimate of drug-likeness (QED) is 0.848. The summed E-state index contributed by atoms with van der Waals surface area (Å²) in [5.41, 5.74) is 0.0771. The summed E-state index contributed by atoms with van der Waals surface area (Å²) in [7, 11) is 0. The third-order valence-electron chi connectivity index (χ3n) is 3.77. The zero-order chi connectivity index (χ0) is 15.5. The molecule has 0 saturated heterocycles. The molecule has 0 spiro atoms. The van der Waals surface area contributed by atoms with E-state index in [4.69, 9.17) is 0 Å². The summed E-state index contributed by atoms with van der Waals surface area (Å²) in [6.45, 7) is 7.30. The molecule has 0 aliphatic carbocycles. The Labute approximate surface area is 121 Å². The van der Waals surface area contributed by atoms with Gasteiger partial charge in [0.2, 0.25) is 0 Å². The molecule has 7 nitrogen and oxygen atoms in total. The van der Waals surface area contributed by atoms with Crippen LogP contribution in [0.3, 0.4) is 0 Å².